The molecule has 0 saturated carbocycles. The molecule has 29 heavy (non-hydrogen) atoms. The van der Waals surface area contributed by atoms with Crippen LogP contribution in [0.1, 0.15) is 20.7 Å². The molecule has 0 unspecified atom stereocenters. The van der Waals surface area contributed by atoms with Gasteiger partial charge in [-0.05, 0) is 36.4 Å². The number of carbonyl (C=O) groups excluding carboxylic acids is 2. The number of methoxy groups -OCH3 is 1. The van der Waals surface area contributed by atoms with E-state index in [9.17, 15) is 9.59 Å². The monoisotopic (exact) mass is 416 g/mol. The van der Waals surface area contributed by atoms with E-state index in [-0.39, 0.29) is 11.8 Å². The third-order valence-electron chi connectivity index (χ3n) is 5.03. The molecule has 1 saturated heterocycles. The smallest absolute Gasteiger partial charge is 0.254 e. The van der Waals surface area contributed by atoms with Crippen LogP contribution in [-0.4, -0.2) is 68.1 Å². The summed E-state index contributed by atoms with van der Waals surface area (Å²) in [6.07, 6.45) is 0. The number of piperazine rings is 1. The van der Waals surface area contributed by atoms with Crippen LogP contribution in [-0.2, 0) is 0 Å². The Morgan fingerprint density at radius 3 is 2.10 bits per heavy atom. The lowest BCUT2D eigenvalue weighted by molar-refractivity contribution is 0.0535. The Morgan fingerprint density at radius 2 is 1.48 bits per heavy atom. The van der Waals surface area contributed by atoms with Crippen molar-refractivity contribution in [3.63, 3.8) is 0 Å². The lowest BCUT2D eigenvalue weighted by Gasteiger charge is -2.35. The number of hydrogen-bond donors (Lipinski definition) is 0. The van der Waals surface area contributed by atoms with Crippen molar-refractivity contribution in [1.29, 1.82) is 0 Å². The van der Waals surface area contributed by atoms with E-state index in [1.165, 1.54) is 0 Å². The minimum atomic E-state index is -0.139. The maximum absolute atomic E-state index is 12.9. The first-order chi connectivity index (χ1) is 14.1. The Morgan fingerprint density at radius 1 is 0.897 bits per heavy atom. The number of carbonyl (C=O) groups is 2. The zero-order valence-corrected chi connectivity index (χ0v) is 16.8. The van der Waals surface area contributed by atoms with E-state index in [4.69, 9.17) is 25.8 Å². The first kappa shape index (κ1) is 19.4. The van der Waals surface area contributed by atoms with Crippen LogP contribution in [0.5, 0.6) is 17.2 Å². The second-order valence-corrected chi connectivity index (χ2v) is 7.20. The lowest BCUT2D eigenvalue weighted by atomic mass is 10.1. The minimum absolute atomic E-state index is 0.0536. The predicted octanol–water partition coefficient (Wildman–Crippen LogP) is 2.72. The van der Waals surface area contributed by atoms with Gasteiger partial charge in [0.2, 0.25) is 0 Å². The molecule has 0 atom stereocenters. The quantitative estimate of drug-likeness (QED) is 0.769. The number of nitrogens with zero attached hydrogens (tertiary/aromatic N) is 2. The summed E-state index contributed by atoms with van der Waals surface area (Å²) in [6.45, 7) is 2.70. The number of rotatable bonds is 3. The van der Waals surface area contributed by atoms with Crippen molar-refractivity contribution in [3.05, 3.63) is 52.5 Å². The second kappa shape index (κ2) is 8.21. The molecule has 2 amide bonds. The highest BCUT2D eigenvalue weighted by atomic mass is 35.5. The van der Waals surface area contributed by atoms with Crippen LogP contribution in [0, 0.1) is 0 Å². The predicted molar refractivity (Wildman–Crippen MR) is 107 cm³/mol. The van der Waals surface area contributed by atoms with Gasteiger partial charge < -0.3 is 24.0 Å². The van der Waals surface area contributed by atoms with Crippen molar-refractivity contribution in [2.24, 2.45) is 0 Å². The molecule has 8 heteroatoms. The van der Waals surface area contributed by atoms with E-state index in [0.717, 1.165) is 0 Å². The maximum atomic E-state index is 12.9. The van der Waals surface area contributed by atoms with E-state index in [1.54, 1.807) is 53.3 Å². The van der Waals surface area contributed by atoms with Crippen molar-refractivity contribution >= 4 is 23.4 Å². The van der Waals surface area contributed by atoms with Crippen molar-refractivity contribution in [3.8, 4) is 17.2 Å². The summed E-state index contributed by atoms with van der Waals surface area (Å²) in [5.41, 5.74) is 1.05. The van der Waals surface area contributed by atoms with Crippen LogP contribution in [0.4, 0.5) is 0 Å². The molecule has 2 heterocycles. The second-order valence-electron chi connectivity index (χ2n) is 6.80. The van der Waals surface area contributed by atoms with Crippen LogP contribution in [0.15, 0.2) is 36.4 Å². The normalized spacial score (nSPS) is 15.8. The fraction of sp³-hybridized carbons (Fsp3) is 0.333. The van der Waals surface area contributed by atoms with Crippen LogP contribution < -0.4 is 14.2 Å². The summed E-state index contributed by atoms with van der Waals surface area (Å²) in [4.78, 5) is 29.1. The highest BCUT2D eigenvalue weighted by Gasteiger charge is 2.27. The summed E-state index contributed by atoms with van der Waals surface area (Å²) in [6, 6.07) is 10.3. The third-order valence-corrected chi connectivity index (χ3v) is 5.32. The highest BCUT2D eigenvalue weighted by Crippen LogP contribution is 2.38. The lowest BCUT2D eigenvalue weighted by Crippen LogP contribution is -2.50. The van der Waals surface area contributed by atoms with Gasteiger partial charge in [-0.25, -0.2) is 0 Å². The standard InChI is InChI=1S/C21H21ClN2O5/c1-27-16-4-2-14(3-5-16)20(25)23-6-8-24(9-7-23)21(26)15-12-17(22)19-18(13-15)28-10-11-29-19/h2-5,12-13H,6-11H2,1H3. The van der Waals surface area contributed by atoms with E-state index in [0.29, 0.717) is 72.8 Å². The molecule has 0 aliphatic carbocycles. The Balaban J connectivity index is 1.41. The van der Waals surface area contributed by atoms with E-state index < -0.39 is 0 Å². The van der Waals surface area contributed by atoms with Crippen LogP contribution in [0.25, 0.3) is 0 Å². The maximum Gasteiger partial charge on any atom is 0.254 e. The van der Waals surface area contributed by atoms with Gasteiger partial charge in [0.1, 0.15) is 19.0 Å². The molecule has 152 valence electrons. The van der Waals surface area contributed by atoms with Gasteiger partial charge in [0.05, 0.1) is 12.1 Å². The molecular weight excluding hydrogens is 396 g/mol. The van der Waals surface area contributed by atoms with E-state index in [2.05, 4.69) is 0 Å². The third kappa shape index (κ3) is 3.96. The van der Waals surface area contributed by atoms with Gasteiger partial charge in [-0.1, -0.05) is 11.6 Å². The molecule has 0 N–H and O–H groups in total. The summed E-state index contributed by atoms with van der Waals surface area (Å²) in [5.74, 6) is 1.47. The SMILES string of the molecule is COc1ccc(C(=O)N2CCN(C(=O)c3cc(Cl)c4c(c3)OCCO4)CC2)cc1. The molecule has 0 radical (unpaired) electrons. The van der Waals surface area contributed by atoms with Crippen molar-refractivity contribution < 1.29 is 23.8 Å². The first-order valence-electron chi connectivity index (χ1n) is 9.38. The Labute approximate surface area is 173 Å². The number of ether oxygens (including phenoxy) is 3. The number of amides is 2. The summed E-state index contributed by atoms with van der Waals surface area (Å²) in [7, 11) is 1.59. The summed E-state index contributed by atoms with van der Waals surface area (Å²) in [5, 5.41) is 0.360. The van der Waals surface area contributed by atoms with Gasteiger partial charge in [-0.15, -0.1) is 0 Å². The van der Waals surface area contributed by atoms with Crippen molar-refractivity contribution in [1.82, 2.24) is 9.80 Å². The van der Waals surface area contributed by atoms with Gasteiger partial charge in [0, 0.05) is 37.3 Å². The van der Waals surface area contributed by atoms with Gasteiger partial charge in [-0.3, -0.25) is 9.59 Å². The average Bonchev–Trinajstić information content (AvgIpc) is 2.78. The van der Waals surface area contributed by atoms with E-state index in [1.807, 2.05) is 0 Å². The molecule has 2 aliphatic rings. The number of benzene rings is 2. The average molecular weight is 417 g/mol. The molecule has 4 rings (SSSR count). The Bertz CT molecular complexity index is 923. The van der Waals surface area contributed by atoms with Gasteiger partial charge in [0.25, 0.3) is 11.8 Å². The van der Waals surface area contributed by atoms with Crippen LogP contribution >= 0.6 is 11.6 Å². The minimum Gasteiger partial charge on any atom is -0.497 e. The van der Waals surface area contributed by atoms with Gasteiger partial charge in [-0.2, -0.15) is 0 Å². The van der Waals surface area contributed by atoms with Gasteiger partial charge >= 0.3 is 0 Å². The first-order valence-corrected chi connectivity index (χ1v) is 9.76. The fourth-order valence-electron chi connectivity index (χ4n) is 3.45. The summed E-state index contributed by atoms with van der Waals surface area (Å²) < 4.78 is 16.2. The molecule has 0 aromatic heterocycles. The summed E-state index contributed by atoms with van der Waals surface area (Å²) >= 11 is 6.25. The molecule has 2 aromatic rings. The fourth-order valence-corrected chi connectivity index (χ4v) is 3.71. The molecule has 2 aromatic carbocycles. The Hall–Kier alpha value is -2.93. The molecule has 0 spiro atoms. The number of hydrogen-bond acceptors (Lipinski definition) is 5. The highest BCUT2D eigenvalue weighted by molar-refractivity contribution is 6.32. The zero-order chi connectivity index (χ0) is 20.4. The molecular formula is C21H21ClN2O5. The van der Waals surface area contributed by atoms with Crippen molar-refractivity contribution in [2.75, 3.05) is 46.5 Å². The number of halogens is 1. The van der Waals surface area contributed by atoms with Gasteiger partial charge in [0.15, 0.2) is 11.5 Å². The molecule has 7 nitrogen and oxygen atoms in total. The largest absolute Gasteiger partial charge is 0.497 e. The molecule has 1 fully saturated rings. The van der Waals surface area contributed by atoms with Crippen LogP contribution in [0.3, 0.4) is 0 Å². The molecule has 2 aliphatic heterocycles. The Kier molecular flexibility index (Phi) is 5.49. The number of fused-ring (bicyclic) bond motifs is 1. The topological polar surface area (TPSA) is 68.3 Å². The van der Waals surface area contributed by atoms with Crippen LogP contribution in [0.2, 0.25) is 5.02 Å². The zero-order valence-electron chi connectivity index (χ0n) is 16.0. The van der Waals surface area contributed by atoms with Crippen molar-refractivity contribution in [2.45, 2.75) is 0 Å². The van der Waals surface area contributed by atoms with E-state index >= 15 is 0 Å². The molecule has 0 bridgehead atoms.